The molecule has 4 atom stereocenters. The van der Waals surface area contributed by atoms with Gasteiger partial charge in [-0.3, -0.25) is 4.79 Å². The minimum atomic E-state index is -1.06. The molecule has 2 aromatic carbocycles. The van der Waals surface area contributed by atoms with Gasteiger partial charge in [-0.05, 0) is 34.9 Å². The van der Waals surface area contributed by atoms with Crippen molar-refractivity contribution in [3.8, 4) is 11.1 Å². The molecule has 1 aromatic heterocycles. The first kappa shape index (κ1) is 23.9. The summed E-state index contributed by atoms with van der Waals surface area (Å²) in [6.07, 6.45) is -1.42. The first-order valence-corrected chi connectivity index (χ1v) is 10.9. The third-order valence-electron chi connectivity index (χ3n) is 5.51. The van der Waals surface area contributed by atoms with Gasteiger partial charge in [-0.15, -0.1) is 0 Å². The fraction of sp³-hybridized carbons (Fsp3) is 0.417. The molecule has 3 unspecified atom stereocenters. The summed E-state index contributed by atoms with van der Waals surface area (Å²) >= 11 is 0. The van der Waals surface area contributed by atoms with Gasteiger partial charge >= 0.3 is 0 Å². The Morgan fingerprint density at radius 3 is 2.66 bits per heavy atom. The lowest BCUT2D eigenvalue weighted by atomic mass is 9.91. The summed E-state index contributed by atoms with van der Waals surface area (Å²) < 4.78 is 7.59. The molecule has 0 spiro atoms. The summed E-state index contributed by atoms with van der Waals surface area (Å²) in [5.41, 5.74) is 4.19. The zero-order valence-corrected chi connectivity index (χ0v) is 18.6. The number of aliphatic hydroxyl groups is 3. The molecule has 3 aromatic rings. The molecule has 0 bridgehead atoms. The number of carbonyl (C=O) groups excluding carboxylic acids is 1. The van der Waals surface area contributed by atoms with Crippen LogP contribution < -0.4 is 5.32 Å². The van der Waals surface area contributed by atoms with Crippen molar-refractivity contribution in [1.82, 2.24) is 14.9 Å². The standard InChI is InChI=1S/C22H25N3O5.C2H6/c1-23-20(28)10-25-12-24-17-8-14(5-6-18(17)25)13-3-2-4-15(7-13)22-21(29)19(27)9-16(11-26)30-22;1-2/h2-8,12,16,19,21-22,26-27,29H,9-11H2,1H3,(H,23,28);1-2H3/t16?,19?,21?,22-;/m1./s1. The number of benzene rings is 2. The highest BCUT2D eigenvalue weighted by Gasteiger charge is 2.37. The zero-order valence-electron chi connectivity index (χ0n) is 18.6. The second-order valence-corrected chi connectivity index (χ2v) is 7.53. The molecule has 1 fully saturated rings. The summed E-state index contributed by atoms with van der Waals surface area (Å²) in [5.74, 6) is -0.0968. The molecule has 1 aliphatic heterocycles. The Kier molecular flexibility index (Phi) is 7.98. The van der Waals surface area contributed by atoms with Gasteiger partial charge in [0, 0.05) is 13.5 Å². The van der Waals surface area contributed by atoms with Crippen molar-refractivity contribution in [3.05, 3.63) is 54.4 Å². The maximum Gasteiger partial charge on any atom is 0.239 e. The van der Waals surface area contributed by atoms with Crippen molar-refractivity contribution in [2.45, 2.75) is 51.2 Å². The van der Waals surface area contributed by atoms with Crippen molar-refractivity contribution in [2.75, 3.05) is 13.7 Å². The fourth-order valence-electron chi connectivity index (χ4n) is 3.85. The Hall–Kier alpha value is -2.78. The molecule has 4 N–H and O–H groups in total. The van der Waals surface area contributed by atoms with Gasteiger partial charge in [-0.2, -0.15) is 0 Å². The molecule has 0 radical (unpaired) electrons. The Morgan fingerprint density at radius 1 is 1.19 bits per heavy atom. The molecule has 1 aliphatic rings. The molecule has 1 saturated heterocycles. The van der Waals surface area contributed by atoms with E-state index in [1.165, 1.54) is 0 Å². The van der Waals surface area contributed by atoms with Gasteiger partial charge in [-0.25, -0.2) is 4.98 Å². The molecule has 8 heteroatoms. The summed E-state index contributed by atoms with van der Waals surface area (Å²) in [6.45, 7) is 3.99. The highest BCUT2D eigenvalue weighted by atomic mass is 16.5. The van der Waals surface area contributed by atoms with Crippen LogP contribution in [0, 0.1) is 0 Å². The second kappa shape index (κ2) is 10.7. The van der Waals surface area contributed by atoms with Crippen molar-refractivity contribution < 1.29 is 24.9 Å². The molecule has 2 heterocycles. The van der Waals surface area contributed by atoms with Crippen LogP contribution >= 0.6 is 0 Å². The smallest absolute Gasteiger partial charge is 0.239 e. The maximum absolute atomic E-state index is 11.7. The fourth-order valence-corrected chi connectivity index (χ4v) is 3.85. The highest BCUT2D eigenvalue weighted by molar-refractivity contribution is 5.84. The van der Waals surface area contributed by atoms with E-state index in [0.29, 0.717) is 0 Å². The van der Waals surface area contributed by atoms with Crippen molar-refractivity contribution in [1.29, 1.82) is 0 Å². The van der Waals surface area contributed by atoms with E-state index in [1.54, 1.807) is 17.9 Å². The lowest BCUT2D eigenvalue weighted by molar-refractivity contribution is -0.179. The lowest BCUT2D eigenvalue weighted by Crippen LogP contribution is -2.44. The maximum atomic E-state index is 11.7. The summed E-state index contributed by atoms with van der Waals surface area (Å²) in [5, 5.41) is 32.5. The highest BCUT2D eigenvalue weighted by Crippen LogP contribution is 2.34. The summed E-state index contributed by atoms with van der Waals surface area (Å²) in [6, 6.07) is 13.4. The predicted octanol–water partition coefficient (Wildman–Crippen LogP) is 2.02. The predicted molar refractivity (Wildman–Crippen MR) is 122 cm³/mol. The first-order valence-electron chi connectivity index (χ1n) is 10.9. The lowest BCUT2D eigenvalue weighted by Gasteiger charge is -2.37. The van der Waals surface area contributed by atoms with Crippen LogP contribution in [0.2, 0.25) is 0 Å². The first-order chi connectivity index (χ1) is 15.5. The normalized spacial score (nSPS) is 22.8. The largest absolute Gasteiger partial charge is 0.394 e. The Balaban J connectivity index is 0.00000141. The molecular weight excluding hydrogens is 410 g/mol. The summed E-state index contributed by atoms with van der Waals surface area (Å²) in [4.78, 5) is 16.1. The minimum absolute atomic E-state index is 0.0968. The van der Waals surface area contributed by atoms with Crippen LogP contribution in [0.3, 0.4) is 0 Å². The van der Waals surface area contributed by atoms with Crippen LogP contribution in [0.5, 0.6) is 0 Å². The number of amides is 1. The van der Waals surface area contributed by atoms with Crippen molar-refractivity contribution >= 4 is 16.9 Å². The van der Waals surface area contributed by atoms with Crippen molar-refractivity contribution in [2.24, 2.45) is 0 Å². The molecule has 0 aliphatic carbocycles. The van der Waals surface area contributed by atoms with E-state index in [1.807, 2.05) is 56.3 Å². The molecule has 1 amide bonds. The van der Waals surface area contributed by atoms with Crippen LogP contribution in [0.1, 0.15) is 31.9 Å². The SMILES string of the molecule is CC.CNC(=O)Cn1cnc2cc(-c3cccc([C@H]4OC(CO)CC(O)C4O)c3)ccc21. The Morgan fingerprint density at radius 2 is 1.94 bits per heavy atom. The zero-order chi connectivity index (χ0) is 23.3. The van der Waals surface area contributed by atoms with Gasteiger partial charge in [0.25, 0.3) is 0 Å². The van der Waals surface area contributed by atoms with E-state index in [9.17, 15) is 20.1 Å². The van der Waals surface area contributed by atoms with Crippen LogP contribution in [0.4, 0.5) is 0 Å². The number of imidazole rings is 1. The summed E-state index contributed by atoms with van der Waals surface area (Å²) in [7, 11) is 1.60. The van der Waals surface area contributed by atoms with Crippen LogP contribution in [-0.4, -0.2) is 62.7 Å². The number of hydrogen-bond donors (Lipinski definition) is 4. The van der Waals surface area contributed by atoms with Gasteiger partial charge in [0.05, 0.1) is 36.2 Å². The number of aliphatic hydroxyl groups excluding tert-OH is 3. The molecule has 0 saturated carbocycles. The van der Waals surface area contributed by atoms with Crippen molar-refractivity contribution in [3.63, 3.8) is 0 Å². The second-order valence-electron chi connectivity index (χ2n) is 7.53. The topological polar surface area (TPSA) is 117 Å². The van der Waals surface area contributed by atoms with E-state index in [2.05, 4.69) is 10.3 Å². The number of carbonyl (C=O) groups is 1. The third-order valence-corrected chi connectivity index (χ3v) is 5.51. The van der Waals surface area contributed by atoms with Gasteiger partial charge in [-0.1, -0.05) is 38.1 Å². The third kappa shape index (κ3) is 4.99. The van der Waals surface area contributed by atoms with E-state index >= 15 is 0 Å². The monoisotopic (exact) mass is 441 g/mol. The van der Waals surface area contributed by atoms with E-state index in [0.717, 1.165) is 27.7 Å². The Labute approximate surface area is 187 Å². The van der Waals surface area contributed by atoms with Gasteiger partial charge < -0.3 is 29.9 Å². The molecule has 32 heavy (non-hydrogen) atoms. The van der Waals surface area contributed by atoms with Gasteiger partial charge in [0.1, 0.15) is 18.8 Å². The number of rotatable bonds is 5. The van der Waals surface area contributed by atoms with Gasteiger partial charge in [0.2, 0.25) is 5.91 Å². The van der Waals surface area contributed by atoms with E-state index in [-0.39, 0.29) is 25.5 Å². The molecular formula is C24H31N3O5. The molecule has 172 valence electrons. The number of hydrogen-bond acceptors (Lipinski definition) is 6. The number of nitrogens with zero attached hydrogens (tertiary/aromatic N) is 2. The average Bonchev–Trinajstić information content (AvgIpc) is 3.23. The molecule has 8 nitrogen and oxygen atoms in total. The van der Waals surface area contributed by atoms with Gasteiger partial charge in [0.15, 0.2) is 0 Å². The minimum Gasteiger partial charge on any atom is -0.394 e. The Bertz CT molecular complexity index is 1050. The number of likely N-dealkylation sites (N-methyl/N-ethyl adjacent to an activating group) is 1. The van der Waals surface area contributed by atoms with Crippen LogP contribution in [0.25, 0.3) is 22.2 Å². The average molecular weight is 442 g/mol. The number of ether oxygens (including phenoxy) is 1. The van der Waals surface area contributed by atoms with Crippen LogP contribution in [0.15, 0.2) is 48.8 Å². The van der Waals surface area contributed by atoms with E-state index in [4.69, 9.17) is 4.74 Å². The molecule has 4 rings (SSSR count). The number of nitrogens with one attached hydrogen (secondary N) is 1. The van der Waals surface area contributed by atoms with E-state index < -0.39 is 24.4 Å². The number of fused-ring (bicyclic) bond motifs is 1. The number of aromatic nitrogens is 2. The quantitative estimate of drug-likeness (QED) is 0.481. The van der Waals surface area contributed by atoms with Crippen LogP contribution in [-0.2, 0) is 16.1 Å².